The number of fused-ring (bicyclic) bond motifs is 1. The second-order valence-electron chi connectivity index (χ2n) is 15.7. The largest absolute Gasteiger partial charge is 0.356 e. The number of sulfone groups is 1. The van der Waals surface area contributed by atoms with Crippen LogP contribution < -0.4 is 16.0 Å². The van der Waals surface area contributed by atoms with E-state index in [0.717, 1.165) is 78.5 Å². The number of urea groups is 1. The van der Waals surface area contributed by atoms with Crippen molar-refractivity contribution < 1.29 is 22.8 Å². The minimum Gasteiger partial charge on any atom is -0.356 e. The molecule has 2 heterocycles. The Morgan fingerprint density at radius 3 is 2.09 bits per heavy atom. The zero-order chi connectivity index (χ0) is 38.5. The van der Waals surface area contributed by atoms with Crippen molar-refractivity contribution in [2.75, 3.05) is 18.2 Å². The van der Waals surface area contributed by atoms with Crippen molar-refractivity contribution in [1.29, 1.82) is 0 Å². The fraction of sp³-hybridized carbons (Fsp3) is 0.628. The predicted octanol–water partition coefficient (Wildman–Crippen LogP) is 8.84. The molecule has 2 aliphatic rings. The molecular weight excluding hydrogens is 717 g/mol. The number of nitrogens with one attached hydrogen (secondary N) is 3. The third kappa shape index (κ3) is 13.5. The van der Waals surface area contributed by atoms with Crippen LogP contribution in [0.2, 0.25) is 0 Å². The molecule has 0 radical (unpaired) electrons. The normalized spacial score (nSPS) is 18.2. The number of aliphatic imine (C=N–C) groups is 1. The number of benzene rings is 2. The molecule has 4 rings (SSSR count). The molecule has 0 aliphatic carbocycles. The summed E-state index contributed by atoms with van der Waals surface area (Å²) in [6.07, 6.45) is 10.6. The van der Waals surface area contributed by atoms with Gasteiger partial charge in [-0.1, -0.05) is 105 Å². The van der Waals surface area contributed by atoms with Crippen molar-refractivity contribution in [1.82, 2.24) is 16.0 Å². The first-order chi connectivity index (χ1) is 25.2. The number of Topliss-reactive ketones (excluding diaryl/α,β-unsaturated/α-hetero) is 1. The van der Waals surface area contributed by atoms with Gasteiger partial charge in [-0.05, 0) is 77.7 Å². The van der Waals surface area contributed by atoms with Crippen LogP contribution in [0.1, 0.15) is 159 Å². The van der Waals surface area contributed by atoms with Gasteiger partial charge in [0, 0.05) is 43.0 Å². The minimum atomic E-state index is -3.64. The standard InChI is InChI=1S/C42H62N4O5S2.CH4/c1-28(2)33-23-35(29(3)4)41(36(24-33)30(5)6)53(50,51)27-43-25-32-19-17-31(18-20-32)21-22-44-39(48)16-10-8-7-9-13-34(47)14-11-12-15-38-40-37(26-52-38)45-42(49)46-40;/h17-20,23-25,28-30,37-38,40H,7-16,21-22,26-27H2,1-6H3,(H,44,48)(H2,45,46,49);1H4/t37-,38-,40-;/m0./s1. The SMILES string of the molecule is C.CC(C)c1cc(C(C)C)c(S(=O)(=O)CN=Cc2ccc(CCNC(=O)CCCCCCC(=O)CCCC[C@@H]3SC[C@@H]4NC(=O)N[C@@H]43)cc2)c(C(C)C)c1. The van der Waals surface area contributed by atoms with Gasteiger partial charge in [0.2, 0.25) is 5.91 Å². The molecule has 0 saturated carbocycles. The van der Waals surface area contributed by atoms with Crippen molar-refractivity contribution in [2.24, 2.45) is 4.99 Å². The van der Waals surface area contributed by atoms with Crippen molar-refractivity contribution in [3.05, 3.63) is 64.2 Å². The van der Waals surface area contributed by atoms with Gasteiger partial charge < -0.3 is 16.0 Å². The second kappa shape index (κ2) is 21.8. The maximum absolute atomic E-state index is 13.6. The lowest BCUT2D eigenvalue weighted by molar-refractivity contribution is -0.121. The molecule has 2 aromatic carbocycles. The third-order valence-electron chi connectivity index (χ3n) is 10.3. The zero-order valence-electron chi connectivity index (χ0n) is 32.7. The number of nitrogens with zero attached hydrogens (tertiary/aromatic N) is 1. The zero-order valence-corrected chi connectivity index (χ0v) is 34.3. The number of rotatable bonds is 22. The Morgan fingerprint density at radius 2 is 1.48 bits per heavy atom. The van der Waals surface area contributed by atoms with E-state index in [9.17, 15) is 22.8 Å². The molecule has 2 saturated heterocycles. The minimum absolute atomic E-state index is 0. The quantitative estimate of drug-likeness (QED) is 0.0621. The van der Waals surface area contributed by atoms with Gasteiger partial charge >= 0.3 is 6.03 Å². The summed E-state index contributed by atoms with van der Waals surface area (Å²) in [4.78, 5) is 41.0. The molecule has 3 N–H and O–H groups in total. The van der Waals surface area contributed by atoms with Gasteiger partial charge in [-0.3, -0.25) is 14.6 Å². The Hall–Kier alpha value is -3.18. The highest BCUT2D eigenvalue weighted by atomic mass is 32.2. The summed E-state index contributed by atoms with van der Waals surface area (Å²) >= 11 is 1.92. The number of unbranched alkanes of at least 4 members (excludes halogenated alkanes) is 4. The van der Waals surface area contributed by atoms with Crippen molar-refractivity contribution in [3.8, 4) is 0 Å². The van der Waals surface area contributed by atoms with Gasteiger partial charge in [0.15, 0.2) is 9.84 Å². The summed E-state index contributed by atoms with van der Waals surface area (Å²) in [6.45, 7) is 13.0. The van der Waals surface area contributed by atoms with Crippen molar-refractivity contribution in [2.45, 2.75) is 160 Å². The van der Waals surface area contributed by atoms with Gasteiger partial charge in [0.25, 0.3) is 0 Å². The highest BCUT2D eigenvalue weighted by Crippen LogP contribution is 2.36. The highest BCUT2D eigenvalue weighted by Gasteiger charge is 2.42. The maximum atomic E-state index is 13.6. The summed E-state index contributed by atoms with van der Waals surface area (Å²) in [5, 5.41) is 9.45. The topological polar surface area (TPSA) is 134 Å². The van der Waals surface area contributed by atoms with Gasteiger partial charge in [0.1, 0.15) is 11.7 Å². The van der Waals surface area contributed by atoms with Crippen LogP contribution in [-0.4, -0.2) is 67.9 Å². The fourth-order valence-electron chi connectivity index (χ4n) is 7.16. The summed E-state index contributed by atoms with van der Waals surface area (Å²) in [5.41, 5.74) is 4.80. The Bertz CT molecular complexity index is 1640. The lowest BCUT2D eigenvalue weighted by Crippen LogP contribution is -2.36. The molecule has 0 bridgehead atoms. The molecule has 300 valence electrons. The maximum Gasteiger partial charge on any atom is 0.315 e. The molecular formula is C43H66N4O5S2. The van der Waals surface area contributed by atoms with Crippen molar-refractivity contribution in [3.63, 3.8) is 0 Å². The molecule has 9 nitrogen and oxygen atoms in total. The molecule has 0 aromatic heterocycles. The monoisotopic (exact) mass is 782 g/mol. The van der Waals surface area contributed by atoms with E-state index in [2.05, 4.69) is 46.9 Å². The first kappa shape index (κ1) is 45.2. The van der Waals surface area contributed by atoms with E-state index < -0.39 is 9.84 Å². The summed E-state index contributed by atoms with van der Waals surface area (Å²) in [5.74, 6) is 1.50. The lowest BCUT2D eigenvalue weighted by atomic mass is 9.89. The van der Waals surface area contributed by atoms with Crippen LogP contribution >= 0.6 is 11.8 Å². The molecule has 54 heavy (non-hydrogen) atoms. The van der Waals surface area contributed by atoms with E-state index >= 15 is 0 Å². The van der Waals surface area contributed by atoms with Gasteiger partial charge in [-0.15, -0.1) is 0 Å². The van der Waals surface area contributed by atoms with E-state index in [1.165, 1.54) is 0 Å². The Labute approximate surface area is 330 Å². The van der Waals surface area contributed by atoms with Crippen LogP contribution in [0.5, 0.6) is 0 Å². The van der Waals surface area contributed by atoms with Gasteiger partial charge in [-0.25, -0.2) is 13.2 Å². The first-order valence-corrected chi connectivity index (χ1v) is 22.4. The van der Waals surface area contributed by atoms with E-state index in [1.807, 2.05) is 63.7 Å². The van der Waals surface area contributed by atoms with E-state index in [1.54, 1.807) is 6.21 Å². The highest BCUT2D eigenvalue weighted by molar-refractivity contribution is 8.00. The number of hydrogen-bond donors (Lipinski definition) is 3. The smallest absolute Gasteiger partial charge is 0.315 e. The summed E-state index contributed by atoms with van der Waals surface area (Å²) in [6, 6.07) is 12.4. The molecule has 2 aliphatic heterocycles. The Kier molecular flexibility index (Phi) is 18.2. The number of ketones is 1. The van der Waals surface area contributed by atoms with Gasteiger partial charge in [0.05, 0.1) is 17.0 Å². The molecule has 0 unspecified atom stereocenters. The summed E-state index contributed by atoms with van der Waals surface area (Å²) < 4.78 is 27.3. The van der Waals surface area contributed by atoms with Gasteiger partial charge in [-0.2, -0.15) is 11.8 Å². The second-order valence-corrected chi connectivity index (χ2v) is 18.9. The molecule has 0 spiro atoms. The van der Waals surface area contributed by atoms with E-state index in [0.29, 0.717) is 54.1 Å². The third-order valence-corrected chi connectivity index (χ3v) is 13.4. The number of hydrogen-bond acceptors (Lipinski definition) is 7. The predicted molar refractivity (Wildman–Crippen MR) is 225 cm³/mol. The van der Waals surface area contributed by atoms with Crippen LogP contribution in [0.25, 0.3) is 0 Å². The van der Waals surface area contributed by atoms with E-state index in [4.69, 9.17) is 0 Å². The molecule has 11 heteroatoms. The van der Waals surface area contributed by atoms with Crippen LogP contribution in [0.4, 0.5) is 4.79 Å². The number of carbonyl (C=O) groups is 3. The number of amides is 3. The summed E-state index contributed by atoms with van der Waals surface area (Å²) in [7, 11) is -3.64. The molecule has 2 fully saturated rings. The lowest BCUT2D eigenvalue weighted by Gasteiger charge is -2.22. The Balaban J connectivity index is 0.00000784. The average Bonchev–Trinajstić information content (AvgIpc) is 3.67. The number of thioether (sulfide) groups is 1. The van der Waals surface area contributed by atoms with Crippen LogP contribution in [0.3, 0.4) is 0 Å². The number of carbonyl (C=O) groups excluding carboxylic acids is 3. The van der Waals surface area contributed by atoms with E-state index in [-0.39, 0.29) is 49.2 Å². The van der Waals surface area contributed by atoms with Crippen molar-refractivity contribution >= 4 is 45.5 Å². The molecule has 3 amide bonds. The molecule has 2 aromatic rings. The Morgan fingerprint density at radius 1 is 0.870 bits per heavy atom. The first-order valence-electron chi connectivity index (χ1n) is 19.7. The fourth-order valence-corrected chi connectivity index (χ4v) is 10.4. The van der Waals surface area contributed by atoms with Crippen LogP contribution in [0, 0.1) is 0 Å². The van der Waals surface area contributed by atoms with Crippen LogP contribution in [0.15, 0.2) is 46.3 Å². The molecule has 3 atom stereocenters. The van der Waals surface area contributed by atoms with Crippen LogP contribution in [-0.2, 0) is 25.8 Å². The average molecular weight is 783 g/mol.